The van der Waals surface area contributed by atoms with Gasteiger partial charge in [-0.15, -0.1) is 0 Å². The van der Waals surface area contributed by atoms with Gasteiger partial charge in [0, 0.05) is 5.56 Å². The standard InChI is InChI=1S/C16H22FNO3/c1-11(2)6-5-9-21-16(20)12(3)18-15(19)13-7-4-8-14(17)10-13/h4,7-8,10-12H,5-6,9H2,1-3H3,(H,18,19). The van der Waals surface area contributed by atoms with E-state index >= 15 is 0 Å². The van der Waals surface area contributed by atoms with Crippen molar-refractivity contribution >= 4 is 11.9 Å². The highest BCUT2D eigenvalue weighted by atomic mass is 19.1. The lowest BCUT2D eigenvalue weighted by atomic mass is 10.1. The Morgan fingerprint density at radius 2 is 2.00 bits per heavy atom. The largest absolute Gasteiger partial charge is 0.464 e. The molecular formula is C16H22FNO3. The molecule has 1 amide bonds. The van der Waals surface area contributed by atoms with Crippen molar-refractivity contribution in [2.24, 2.45) is 5.92 Å². The number of hydrogen-bond donors (Lipinski definition) is 1. The van der Waals surface area contributed by atoms with Gasteiger partial charge in [0.15, 0.2) is 0 Å². The highest BCUT2D eigenvalue weighted by Gasteiger charge is 2.18. The van der Waals surface area contributed by atoms with Gasteiger partial charge in [-0.25, -0.2) is 9.18 Å². The first-order chi connectivity index (χ1) is 9.90. The van der Waals surface area contributed by atoms with Crippen LogP contribution in [0.1, 0.15) is 44.0 Å². The summed E-state index contributed by atoms with van der Waals surface area (Å²) in [5.74, 6) is -0.912. The molecular weight excluding hydrogens is 273 g/mol. The van der Waals surface area contributed by atoms with E-state index in [1.807, 2.05) is 0 Å². The van der Waals surface area contributed by atoms with Crippen molar-refractivity contribution in [3.8, 4) is 0 Å². The van der Waals surface area contributed by atoms with Gasteiger partial charge >= 0.3 is 5.97 Å². The third kappa shape index (κ3) is 6.38. The van der Waals surface area contributed by atoms with E-state index in [1.54, 1.807) is 6.92 Å². The molecule has 0 saturated carbocycles. The normalized spacial score (nSPS) is 12.0. The number of amides is 1. The summed E-state index contributed by atoms with van der Waals surface area (Å²) in [4.78, 5) is 23.6. The predicted octanol–water partition coefficient (Wildman–Crippen LogP) is 2.92. The Morgan fingerprint density at radius 1 is 1.29 bits per heavy atom. The van der Waals surface area contributed by atoms with Crippen LogP contribution in [-0.2, 0) is 9.53 Å². The van der Waals surface area contributed by atoms with Crippen molar-refractivity contribution in [1.82, 2.24) is 5.32 Å². The molecule has 0 aliphatic heterocycles. The molecule has 1 N–H and O–H groups in total. The summed E-state index contributed by atoms with van der Waals surface area (Å²) in [6.45, 7) is 6.09. The molecule has 21 heavy (non-hydrogen) atoms. The van der Waals surface area contributed by atoms with E-state index in [0.29, 0.717) is 12.5 Å². The fourth-order valence-electron chi connectivity index (χ4n) is 1.76. The lowest BCUT2D eigenvalue weighted by Crippen LogP contribution is -2.39. The topological polar surface area (TPSA) is 55.4 Å². The molecule has 0 fully saturated rings. The number of halogens is 1. The Kier molecular flexibility index (Phi) is 6.85. The second-order valence-corrected chi connectivity index (χ2v) is 5.41. The first-order valence-corrected chi connectivity index (χ1v) is 7.13. The van der Waals surface area contributed by atoms with Crippen LogP contribution in [0, 0.1) is 11.7 Å². The van der Waals surface area contributed by atoms with Crippen LogP contribution in [0.4, 0.5) is 4.39 Å². The van der Waals surface area contributed by atoms with Gasteiger partial charge < -0.3 is 10.1 Å². The summed E-state index contributed by atoms with van der Waals surface area (Å²) in [7, 11) is 0. The van der Waals surface area contributed by atoms with E-state index < -0.39 is 23.7 Å². The second kappa shape index (κ2) is 8.39. The van der Waals surface area contributed by atoms with E-state index in [4.69, 9.17) is 4.74 Å². The average Bonchev–Trinajstić information content (AvgIpc) is 2.43. The quantitative estimate of drug-likeness (QED) is 0.621. The summed E-state index contributed by atoms with van der Waals surface area (Å²) >= 11 is 0. The molecule has 4 nitrogen and oxygen atoms in total. The fourth-order valence-corrected chi connectivity index (χ4v) is 1.76. The average molecular weight is 295 g/mol. The van der Waals surface area contributed by atoms with Crippen LogP contribution in [0.25, 0.3) is 0 Å². The first kappa shape index (κ1) is 17.1. The molecule has 1 rings (SSSR count). The van der Waals surface area contributed by atoms with E-state index in [2.05, 4.69) is 19.2 Å². The number of carbonyl (C=O) groups is 2. The van der Waals surface area contributed by atoms with Gasteiger partial charge in [-0.05, 0) is 43.9 Å². The monoisotopic (exact) mass is 295 g/mol. The molecule has 0 aliphatic rings. The van der Waals surface area contributed by atoms with Crippen molar-refractivity contribution in [3.63, 3.8) is 0 Å². The van der Waals surface area contributed by atoms with E-state index in [1.165, 1.54) is 18.2 Å². The maximum Gasteiger partial charge on any atom is 0.328 e. The summed E-state index contributed by atoms with van der Waals surface area (Å²) in [6.07, 6.45) is 1.78. The van der Waals surface area contributed by atoms with Crippen molar-refractivity contribution in [2.45, 2.75) is 39.7 Å². The van der Waals surface area contributed by atoms with E-state index in [-0.39, 0.29) is 5.56 Å². The van der Waals surface area contributed by atoms with Crippen LogP contribution in [-0.4, -0.2) is 24.5 Å². The van der Waals surface area contributed by atoms with Crippen LogP contribution < -0.4 is 5.32 Å². The Hall–Kier alpha value is -1.91. The number of hydrogen-bond acceptors (Lipinski definition) is 3. The lowest BCUT2D eigenvalue weighted by molar-refractivity contribution is -0.145. The zero-order valence-electron chi connectivity index (χ0n) is 12.7. The molecule has 1 unspecified atom stereocenters. The fraction of sp³-hybridized carbons (Fsp3) is 0.500. The first-order valence-electron chi connectivity index (χ1n) is 7.13. The molecule has 116 valence electrons. The number of carbonyl (C=O) groups excluding carboxylic acids is 2. The molecule has 1 atom stereocenters. The molecule has 0 aromatic heterocycles. The van der Waals surface area contributed by atoms with Crippen LogP contribution in [0.15, 0.2) is 24.3 Å². The predicted molar refractivity (Wildman–Crippen MR) is 78.4 cm³/mol. The van der Waals surface area contributed by atoms with E-state index in [0.717, 1.165) is 18.9 Å². The van der Waals surface area contributed by atoms with Crippen LogP contribution in [0.3, 0.4) is 0 Å². The van der Waals surface area contributed by atoms with Crippen LogP contribution >= 0.6 is 0 Å². The zero-order valence-corrected chi connectivity index (χ0v) is 12.7. The number of nitrogens with one attached hydrogen (secondary N) is 1. The minimum Gasteiger partial charge on any atom is -0.464 e. The van der Waals surface area contributed by atoms with Gasteiger partial charge in [-0.2, -0.15) is 0 Å². The Balaban J connectivity index is 2.39. The molecule has 0 saturated heterocycles. The van der Waals surface area contributed by atoms with Crippen molar-refractivity contribution in [1.29, 1.82) is 0 Å². The third-order valence-corrected chi connectivity index (χ3v) is 2.96. The molecule has 0 radical (unpaired) electrons. The Labute approximate surface area is 124 Å². The van der Waals surface area contributed by atoms with Crippen LogP contribution in [0.2, 0.25) is 0 Å². The molecule has 0 heterocycles. The van der Waals surface area contributed by atoms with Crippen molar-refractivity contribution < 1.29 is 18.7 Å². The van der Waals surface area contributed by atoms with Gasteiger partial charge in [0.25, 0.3) is 5.91 Å². The highest BCUT2D eigenvalue weighted by Crippen LogP contribution is 2.05. The number of esters is 1. The lowest BCUT2D eigenvalue weighted by Gasteiger charge is -2.13. The summed E-state index contributed by atoms with van der Waals surface area (Å²) in [5.41, 5.74) is 0.175. The van der Waals surface area contributed by atoms with Crippen molar-refractivity contribution in [2.75, 3.05) is 6.61 Å². The maximum absolute atomic E-state index is 13.0. The molecule has 0 aliphatic carbocycles. The van der Waals surface area contributed by atoms with Crippen molar-refractivity contribution in [3.05, 3.63) is 35.6 Å². The van der Waals surface area contributed by atoms with E-state index in [9.17, 15) is 14.0 Å². The van der Waals surface area contributed by atoms with Gasteiger partial charge in [-0.1, -0.05) is 19.9 Å². The summed E-state index contributed by atoms with van der Waals surface area (Å²) < 4.78 is 18.1. The second-order valence-electron chi connectivity index (χ2n) is 5.41. The SMILES string of the molecule is CC(C)CCCOC(=O)C(C)NC(=O)c1cccc(F)c1. The smallest absolute Gasteiger partial charge is 0.328 e. The molecule has 1 aromatic rings. The van der Waals surface area contributed by atoms with Gasteiger partial charge in [0.1, 0.15) is 11.9 Å². The molecule has 5 heteroatoms. The highest BCUT2D eigenvalue weighted by molar-refractivity contribution is 5.96. The number of benzene rings is 1. The summed E-state index contributed by atoms with van der Waals surface area (Å²) in [6, 6.07) is 4.54. The number of rotatable bonds is 7. The minimum atomic E-state index is -0.764. The van der Waals surface area contributed by atoms with Gasteiger partial charge in [-0.3, -0.25) is 4.79 Å². The Bertz CT molecular complexity index is 488. The van der Waals surface area contributed by atoms with Gasteiger partial charge in [0.05, 0.1) is 6.61 Å². The van der Waals surface area contributed by atoms with Crippen LogP contribution in [0.5, 0.6) is 0 Å². The molecule has 0 spiro atoms. The maximum atomic E-state index is 13.0. The minimum absolute atomic E-state index is 0.175. The number of ether oxygens (including phenoxy) is 1. The zero-order chi connectivity index (χ0) is 15.8. The van der Waals surface area contributed by atoms with Gasteiger partial charge in [0.2, 0.25) is 0 Å². The molecule has 1 aromatic carbocycles. The molecule has 0 bridgehead atoms. The Morgan fingerprint density at radius 3 is 2.62 bits per heavy atom. The third-order valence-electron chi connectivity index (χ3n) is 2.96. The summed E-state index contributed by atoms with van der Waals surface area (Å²) in [5, 5.41) is 2.49.